The van der Waals surface area contributed by atoms with Crippen LogP contribution in [0.2, 0.25) is 0 Å². The Morgan fingerprint density at radius 2 is 2.12 bits per heavy atom. The molecule has 0 radical (unpaired) electrons. The second-order valence-electron chi connectivity index (χ2n) is 5.56. The highest BCUT2D eigenvalue weighted by Gasteiger charge is 2.30. The molecule has 0 atom stereocenters. The standard InChI is InChI=1S/C12H21N3OS/c1-5-16-9-6-8(7-9)13-11-14-10(15-17-11)12(2,3)4/h8-9H,5-7H2,1-4H3,(H,13,14,15). The fourth-order valence-electron chi connectivity index (χ4n) is 1.82. The first kappa shape index (κ1) is 12.8. The number of hydrogen-bond donors (Lipinski definition) is 1. The molecule has 0 saturated heterocycles. The Bertz CT molecular complexity index is 366. The van der Waals surface area contributed by atoms with Crippen LogP contribution in [0.15, 0.2) is 0 Å². The van der Waals surface area contributed by atoms with Crippen LogP contribution in [0.5, 0.6) is 0 Å². The molecule has 1 aromatic heterocycles. The third-order valence-electron chi connectivity index (χ3n) is 2.92. The van der Waals surface area contributed by atoms with Gasteiger partial charge in [0, 0.05) is 29.6 Å². The van der Waals surface area contributed by atoms with Crippen molar-refractivity contribution in [1.29, 1.82) is 0 Å². The Hall–Kier alpha value is -0.680. The number of anilines is 1. The smallest absolute Gasteiger partial charge is 0.202 e. The summed E-state index contributed by atoms with van der Waals surface area (Å²) in [6, 6.07) is 0.507. The lowest BCUT2D eigenvalue weighted by molar-refractivity contribution is 0.00299. The van der Waals surface area contributed by atoms with E-state index in [1.165, 1.54) is 11.5 Å². The fourth-order valence-corrected chi connectivity index (χ4v) is 2.65. The van der Waals surface area contributed by atoms with Crippen molar-refractivity contribution in [3.63, 3.8) is 0 Å². The zero-order valence-electron chi connectivity index (χ0n) is 11.0. The van der Waals surface area contributed by atoms with Crippen molar-refractivity contribution < 1.29 is 4.74 Å². The molecule has 0 amide bonds. The molecule has 1 heterocycles. The normalized spacial score (nSPS) is 24.5. The predicted octanol–water partition coefficient (Wildman–Crippen LogP) is 2.82. The van der Waals surface area contributed by atoms with Crippen molar-refractivity contribution in [3.05, 3.63) is 5.82 Å². The third-order valence-corrected chi connectivity index (χ3v) is 3.57. The Balaban J connectivity index is 1.83. The van der Waals surface area contributed by atoms with E-state index in [0.29, 0.717) is 12.1 Å². The molecule has 2 rings (SSSR count). The number of hydrogen-bond acceptors (Lipinski definition) is 5. The monoisotopic (exact) mass is 255 g/mol. The third kappa shape index (κ3) is 3.16. The maximum absolute atomic E-state index is 5.53. The molecule has 1 saturated carbocycles. The van der Waals surface area contributed by atoms with Gasteiger partial charge in [0.1, 0.15) is 5.82 Å². The molecule has 1 fully saturated rings. The van der Waals surface area contributed by atoms with Crippen LogP contribution in [0, 0.1) is 0 Å². The second kappa shape index (κ2) is 4.90. The second-order valence-corrected chi connectivity index (χ2v) is 6.31. The Kier molecular flexibility index (Phi) is 3.68. The summed E-state index contributed by atoms with van der Waals surface area (Å²) in [6.07, 6.45) is 2.60. The summed E-state index contributed by atoms with van der Waals surface area (Å²) in [4.78, 5) is 4.53. The molecular weight excluding hydrogens is 234 g/mol. The summed E-state index contributed by atoms with van der Waals surface area (Å²) in [5, 5.41) is 4.36. The number of nitrogens with one attached hydrogen (secondary N) is 1. The van der Waals surface area contributed by atoms with Crippen LogP contribution in [0.4, 0.5) is 5.13 Å². The first-order valence-electron chi connectivity index (χ1n) is 6.21. The molecule has 1 N–H and O–H groups in total. The van der Waals surface area contributed by atoms with E-state index >= 15 is 0 Å². The Morgan fingerprint density at radius 1 is 1.41 bits per heavy atom. The summed E-state index contributed by atoms with van der Waals surface area (Å²) in [7, 11) is 0. The highest BCUT2D eigenvalue weighted by molar-refractivity contribution is 7.09. The van der Waals surface area contributed by atoms with Gasteiger partial charge in [-0.25, -0.2) is 4.98 Å². The molecule has 0 bridgehead atoms. The van der Waals surface area contributed by atoms with Gasteiger partial charge in [-0.3, -0.25) is 0 Å². The maximum atomic E-state index is 5.53. The van der Waals surface area contributed by atoms with Crippen molar-refractivity contribution in [2.45, 2.75) is 58.1 Å². The SMILES string of the molecule is CCOC1CC(Nc2nc(C(C)(C)C)ns2)C1. The predicted molar refractivity (Wildman–Crippen MR) is 70.7 cm³/mol. The van der Waals surface area contributed by atoms with E-state index in [2.05, 4.69) is 35.4 Å². The number of ether oxygens (including phenoxy) is 1. The molecule has 1 aliphatic carbocycles. The lowest BCUT2D eigenvalue weighted by Gasteiger charge is -2.35. The van der Waals surface area contributed by atoms with Crippen molar-refractivity contribution >= 4 is 16.7 Å². The van der Waals surface area contributed by atoms with E-state index in [1.54, 1.807) is 0 Å². The summed E-state index contributed by atoms with van der Waals surface area (Å²) in [6.45, 7) is 9.25. The van der Waals surface area contributed by atoms with E-state index in [9.17, 15) is 0 Å². The first-order chi connectivity index (χ1) is 7.99. The Morgan fingerprint density at radius 3 is 2.65 bits per heavy atom. The lowest BCUT2D eigenvalue weighted by Crippen LogP contribution is -2.40. The molecule has 0 unspecified atom stereocenters. The van der Waals surface area contributed by atoms with Gasteiger partial charge in [0.25, 0.3) is 0 Å². The minimum atomic E-state index is 0.0316. The van der Waals surface area contributed by atoms with Crippen molar-refractivity contribution in [2.24, 2.45) is 0 Å². The quantitative estimate of drug-likeness (QED) is 0.898. The summed E-state index contributed by atoms with van der Waals surface area (Å²) in [5.74, 6) is 0.922. The van der Waals surface area contributed by atoms with Gasteiger partial charge in [-0.15, -0.1) is 0 Å². The molecule has 5 heteroatoms. The van der Waals surface area contributed by atoms with Gasteiger partial charge in [0.15, 0.2) is 0 Å². The van der Waals surface area contributed by atoms with Gasteiger partial charge in [-0.1, -0.05) is 20.8 Å². The van der Waals surface area contributed by atoms with Crippen molar-refractivity contribution in [2.75, 3.05) is 11.9 Å². The molecule has 0 aromatic carbocycles. The van der Waals surface area contributed by atoms with Crippen LogP contribution < -0.4 is 5.32 Å². The molecule has 17 heavy (non-hydrogen) atoms. The van der Waals surface area contributed by atoms with E-state index < -0.39 is 0 Å². The molecular formula is C12H21N3OS. The minimum absolute atomic E-state index is 0.0316. The highest BCUT2D eigenvalue weighted by atomic mass is 32.1. The molecule has 1 aliphatic rings. The van der Waals surface area contributed by atoms with E-state index in [1.807, 2.05) is 6.92 Å². The average molecular weight is 255 g/mol. The maximum Gasteiger partial charge on any atom is 0.202 e. The van der Waals surface area contributed by atoms with Crippen LogP contribution in [-0.4, -0.2) is 28.1 Å². The number of aromatic nitrogens is 2. The highest BCUT2D eigenvalue weighted by Crippen LogP contribution is 2.29. The minimum Gasteiger partial charge on any atom is -0.378 e. The first-order valence-corrected chi connectivity index (χ1v) is 6.98. The summed E-state index contributed by atoms with van der Waals surface area (Å²) >= 11 is 1.46. The van der Waals surface area contributed by atoms with Gasteiger partial charge in [0.2, 0.25) is 5.13 Å². The van der Waals surface area contributed by atoms with Crippen molar-refractivity contribution in [3.8, 4) is 0 Å². The van der Waals surface area contributed by atoms with E-state index in [0.717, 1.165) is 30.4 Å². The average Bonchev–Trinajstić information content (AvgIpc) is 2.62. The zero-order valence-corrected chi connectivity index (χ0v) is 11.8. The van der Waals surface area contributed by atoms with Gasteiger partial charge >= 0.3 is 0 Å². The van der Waals surface area contributed by atoms with Crippen LogP contribution in [0.3, 0.4) is 0 Å². The summed E-state index contributed by atoms with van der Waals surface area (Å²) in [5.41, 5.74) is 0.0316. The van der Waals surface area contributed by atoms with Gasteiger partial charge in [-0.2, -0.15) is 4.37 Å². The molecule has 96 valence electrons. The molecule has 0 aliphatic heterocycles. The van der Waals surface area contributed by atoms with E-state index in [-0.39, 0.29) is 5.41 Å². The van der Waals surface area contributed by atoms with E-state index in [4.69, 9.17) is 4.74 Å². The summed E-state index contributed by atoms with van der Waals surface area (Å²) < 4.78 is 9.92. The molecule has 0 spiro atoms. The Labute approximate surface area is 107 Å². The van der Waals surface area contributed by atoms with Gasteiger partial charge in [-0.05, 0) is 19.8 Å². The molecule has 4 nitrogen and oxygen atoms in total. The van der Waals surface area contributed by atoms with Crippen LogP contribution in [0.25, 0.3) is 0 Å². The number of rotatable bonds is 4. The zero-order chi connectivity index (χ0) is 12.5. The molecule has 1 aromatic rings. The fraction of sp³-hybridized carbons (Fsp3) is 0.833. The van der Waals surface area contributed by atoms with Crippen LogP contribution in [0.1, 0.15) is 46.4 Å². The van der Waals surface area contributed by atoms with Crippen LogP contribution in [-0.2, 0) is 10.2 Å². The largest absolute Gasteiger partial charge is 0.378 e. The van der Waals surface area contributed by atoms with Gasteiger partial charge < -0.3 is 10.1 Å². The topological polar surface area (TPSA) is 47.0 Å². The van der Waals surface area contributed by atoms with Gasteiger partial charge in [0.05, 0.1) is 6.10 Å². The van der Waals surface area contributed by atoms with Crippen molar-refractivity contribution in [1.82, 2.24) is 9.36 Å². The number of nitrogens with zero attached hydrogens (tertiary/aromatic N) is 2. The van der Waals surface area contributed by atoms with Crippen LogP contribution >= 0.6 is 11.5 Å². The lowest BCUT2D eigenvalue weighted by atomic mass is 9.89.